The summed E-state index contributed by atoms with van der Waals surface area (Å²) in [6.07, 6.45) is 0. The number of carbonyl (C=O) groups is 1. The van der Waals surface area contributed by atoms with Crippen molar-refractivity contribution in [2.24, 2.45) is 0 Å². The Morgan fingerprint density at radius 3 is 2.04 bits per heavy atom. The zero-order chi connectivity index (χ0) is 17.0. The van der Waals surface area contributed by atoms with Gasteiger partial charge in [-0.1, -0.05) is 51.1 Å². The van der Waals surface area contributed by atoms with Gasteiger partial charge in [0.25, 0.3) is 0 Å². The van der Waals surface area contributed by atoms with Crippen LogP contribution in [0.3, 0.4) is 0 Å². The van der Waals surface area contributed by atoms with Crippen molar-refractivity contribution in [2.75, 3.05) is 17.2 Å². The maximum Gasteiger partial charge on any atom is 0.243 e. The molecule has 0 aliphatic carbocycles. The summed E-state index contributed by atoms with van der Waals surface area (Å²) in [7, 11) is 0. The Labute approximate surface area is 139 Å². The predicted molar refractivity (Wildman–Crippen MR) is 98.2 cm³/mol. The van der Waals surface area contributed by atoms with Crippen molar-refractivity contribution < 1.29 is 4.79 Å². The van der Waals surface area contributed by atoms with Gasteiger partial charge in [-0.2, -0.15) is 0 Å². The Bertz CT molecular complexity index is 662. The van der Waals surface area contributed by atoms with Gasteiger partial charge in [-0.3, -0.25) is 4.79 Å². The lowest BCUT2D eigenvalue weighted by Gasteiger charge is -2.19. The molecule has 0 fully saturated rings. The molecule has 2 rings (SSSR count). The second-order valence-electron chi connectivity index (χ2n) is 7.00. The third-order valence-corrected chi connectivity index (χ3v) is 3.95. The average Bonchev–Trinajstić information content (AvgIpc) is 2.48. The zero-order valence-electron chi connectivity index (χ0n) is 14.7. The minimum Gasteiger partial charge on any atom is -0.376 e. The topological polar surface area (TPSA) is 41.1 Å². The summed E-state index contributed by atoms with van der Waals surface area (Å²) in [6.45, 7) is 10.8. The Kier molecular flexibility index (Phi) is 5.09. The molecule has 2 aromatic carbocycles. The molecule has 0 radical (unpaired) electrons. The molecule has 2 N–H and O–H groups in total. The molecule has 2 aromatic rings. The first-order chi connectivity index (χ1) is 10.8. The van der Waals surface area contributed by atoms with E-state index in [1.807, 2.05) is 44.2 Å². The van der Waals surface area contributed by atoms with Crippen LogP contribution in [-0.2, 0) is 10.2 Å². The standard InChI is InChI=1S/C20H26N2O/c1-14-7-6-8-15(2)19(14)22-18(23)13-21-17-11-9-16(10-12-17)20(3,4)5/h6-12,21H,13H2,1-5H3,(H,22,23). The highest BCUT2D eigenvalue weighted by atomic mass is 16.1. The number of hydrogen-bond acceptors (Lipinski definition) is 2. The Morgan fingerprint density at radius 1 is 0.957 bits per heavy atom. The van der Waals surface area contributed by atoms with E-state index in [0.717, 1.165) is 22.5 Å². The van der Waals surface area contributed by atoms with Crippen LogP contribution in [-0.4, -0.2) is 12.5 Å². The Balaban J connectivity index is 1.94. The fraction of sp³-hybridized carbons (Fsp3) is 0.350. The SMILES string of the molecule is Cc1cccc(C)c1NC(=O)CNc1ccc(C(C)(C)C)cc1. The van der Waals surface area contributed by atoms with Gasteiger partial charge in [0.2, 0.25) is 5.91 Å². The summed E-state index contributed by atoms with van der Waals surface area (Å²) in [5.41, 5.74) is 5.43. The van der Waals surface area contributed by atoms with E-state index in [2.05, 4.69) is 43.5 Å². The molecule has 0 saturated carbocycles. The number of amides is 1. The monoisotopic (exact) mass is 310 g/mol. The zero-order valence-corrected chi connectivity index (χ0v) is 14.7. The van der Waals surface area contributed by atoms with Crippen LogP contribution in [0.25, 0.3) is 0 Å². The minimum absolute atomic E-state index is 0.0395. The summed E-state index contributed by atoms with van der Waals surface area (Å²) in [5.74, 6) is -0.0395. The summed E-state index contributed by atoms with van der Waals surface area (Å²) in [5, 5.41) is 6.15. The van der Waals surface area contributed by atoms with Crippen molar-refractivity contribution in [2.45, 2.75) is 40.0 Å². The normalized spacial score (nSPS) is 11.2. The molecule has 3 heteroatoms. The van der Waals surface area contributed by atoms with Gasteiger partial charge in [-0.25, -0.2) is 0 Å². The van der Waals surface area contributed by atoms with Crippen LogP contribution in [0.5, 0.6) is 0 Å². The molecular formula is C20H26N2O. The number of carbonyl (C=O) groups excluding carboxylic acids is 1. The molecule has 3 nitrogen and oxygen atoms in total. The maximum atomic E-state index is 12.1. The van der Waals surface area contributed by atoms with E-state index in [1.54, 1.807) is 0 Å². The van der Waals surface area contributed by atoms with E-state index in [-0.39, 0.29) is 17.9 Å². The third-order valence-electron chi connectivity index (χ3n) is 3.95. The molecule has 0 saturated heterocycles. The summed E-state index contributed by atoms with van der Waals surface area (Å²) in [4.78, 5) is 12.1. The molecule has 0 bridgehead atoms. The van der Waals surface area contributed by atoms with Crippen molar-refractivity contribution in [3.63, 3.8) is 0 Å². The summed E-state index contributed by atoms with van der Waals surface area (Å²) in [6, 6.07) is 14.2. The quantitative estimate of drug-likeness (QED) is 0.863. The molecular weight excluding hydrogens is 284 g/mol. The molecule has 1 amide bonds. The number of anilines is 2. The highest BCUT2D eigenvalue weighted by molar-refractivity contribution is 5.95. The van der Waals surface area contributed by atoms with Gasteiger partial charge in [-0.15, -0.1) is 0 Å². The lowest BCUT2D eigenvalue weighted by molar-refractivity contribution is -0.114. The molecule has 0 aliphatic heterocycles. The summed E-state index contributed by atoms with van der Waals surface area (Å²) >= 11 is 0. The second-order valence-corrected chi connectivity index (χ2v) is 7.00. The first kappa shape index (κ1) is 17.1. The molecule has 0 spiro atoms. The minimum atomic E-state index is -0.0395. The van der Waals surface area contributed by atoms with Crippen molar-refractivity contribution in [3.8, 4) is 0 Å². The van der Waals surface area contributed by atoms with Crippen LogP contribution in [0.1, 0.15) is 37.5 Å². The number of hydrogen-bond donors (Lipinski definition) is 2. The van der Waals surface area contributed by atoms with E-state index in [4.69, 9.17) is 0 Å². The van der Waals surface area contributed by atoms with Crippen LogP contribution < -0.4 is 10.6 Å². The number of benzene rings is 2. The van der Waals surface area contributed by atoms with E-state index in [0.29, 0.717) is 0 Å². The third kappa shape index (κ3) is 4.59. The van der Waals surface area contributed by atoms with Crippen LogP contribution >= 0.6 is 0 Å². The highest BCUT2D eigenvalue weighted by Crippen LogP contribution is 2.23. The lowest BCUT2D eigenvalue weighted by atomic mass is 9.87. The van der Waals surface area contributed by atoms with E-state index < -0.39 is 0 Å². The van der Waals surface area contributed by atoms with Gasteiger partial charge in [-0.05, 0) is 48.1 Å². The number of rotatable bonds is 4. The number of para-hydroxylation sites is 1. The van der Waals surface area contributed by atoms with E-state index in [1.165, 1.54) is 5.56 Å². The average molecular weight is 310 g/mol. The van der Waals surface area contributed by atoms with Crippen molar-refractivity contribution in [1.29, 1.82) is 0 Å². The fourth-order valence-electron chi connectivity index (χ4n) is 2.47. The first-order valence-electron chi connectivity index (χ1n) is 7.98. The van der Waals surface area contributed by atoms with Crippen molar-refractivity contribution in [3.05, 3.63) is 59.2 Å². The van der Waals surface area contributed by atoms with Crippen molar-refractivity contribution in [1.82, 2.24) is 0 Å². The van der Waals surface area contributed by atoms with Crippen LogP contribution in [0.2, 0.25) is 0 Å². The van der Waals surface area contributed by atoms with Gasteiger partial charge in [0.05, 0.1) is 6.54 Å². The predicted octanol–water partition coefficient (Wildman–Crippen LogP) is 4.65. The van der Waals surface area contributed by atoms with Gasteiger partial charge < -0.3 is 10.6 Å². The molecule has 0 atom stereocenters. The second kappa shape index (κ2) is 6.86. The van der Waals surface area contributed by atoms with Crippen LogP contribution in [0.4, 0.5) is 11.4 Å². The van der Waals surface area contributed by atoms with Crippen LogP contribution in [0.15, 0.2) is 42.5 Å². The Hall–Kier alpha value is -2.29. The van der Waals surface area contributed by atoms with E-state index >= 15 is 0 Å². The van der Waals surface area contributed by atoms with Gasteiger partial charge in [0, 0.05) is 11.4 Å². The van der Waals surface area contributed by atoms with Gasteiger partial charge >= 0.3 is 0 Å². The molecule has 0 aliphatic rings. The highest BCUT2D eigenvalue weighted by Gasteiger charge is 2.13. The Morgan fingerprint density at radius 2 is 1.52 bits per heavy atom. The largest absolute Gasteiger partial charge is 0.376 e. The smallest absolute Gasteiger partial charge is 0.243 e. The van der Waals surface area contributed by atoms with Gasteiger partial charge in [0.1, 0.15) is 0 Å². The lowest BCUT2D eigenvalue weighted by Crippen LogP contribution is -2.22. The maximum absolute atomic E-state index is 12.1. The summed E-state index contributed by atoms with van der Waals surface area (Å²) < 4.78 is 0. The number of aryl methyl sites for hydroxylation is 2. The van der Waals surface area contributed by atoms with Gasteiger partial charge in [0.15, 0.2) is 0 Å². The molecule has 0 aromatic heterocycles. The van der Waals surface area contributed by atoms with Crippen molar-refractivity contribution >= 4 is 17.3 Å². The molecule has 0 heterocycles. The molecule has 122 valence electrons. The molecule has 0 unspecified atom stereocenters. The fourth-order valence-corrected chi connectivity index (χ4v) is 2.47. The van der Waals surface area contributed by atoms with E-state index in [9.17, 15) is 4.79 Å². The van der Waals surface area contributed by atoms with Crippen LogP contribution in [0, 0.1) is 13.8 Å². The number of nitrogens with one attached hydrogen (secondary N) is 2. The molecule has 23 heavy (non-hydrogen) atoms. The first-order valence-corrected chi connectivity index (χ1v) is 7.98.